The molecule has 2 aliphatic heterocycles. The highest BCUT2D eigenvalue weighted by atomic mass is 32.3. The van der Waals surface area contributed by atoms with Gasteiger partial charge < -0.3 is 9.47 Å². The molecule has 0 amide bonds. The summed E-state index contributed by atoms with van der Waals surface area (Å²) in [6.45, 7) is 6.98. The van der Waals surface area contributed by atoms with Crippen LogP contribution < -0.4 is 0 Å². The zero-order valence-corrected chi connectivity index (χ0v) is 11.9. The first kappa shape index (κ1) is 12.4. The maximum absolute atomic E-state index is 6.07. The summed E-state index contributed by atoms with van der Waals surface area (Å²) >= 11 is 5.81. The van der Waals surface area contributed by atoms with E-state index in [9.17, 15) is 0 Å². The highest BCUT2D eigenvalue weighted by molar-refractivity contribution is 8.35. The van der Waals surface area contributed by atoms with Gasteiger partial charge in [-0.3, -0.25) is 0 Å². The molecule has 15 heavy (non-hydrogen) atoms. The van der Waals surface area contributed by atoms with E-state index in [4.69, 9.17) is 9.47 Å². The summed E-state index contributed by atoms with van der Waals surface area (Å²) in [5, 5.41) is 0. The highest BCUT2D eigenvalue weighted by Crippen LogP contribution is 2.57. The minimum absolute atomic E-state index is 0.00586. The summed E-state index contributed by atoms with van der Waals surface area (Å²) in [7, 11) is 0. The Morgan fingerprint density at radius 2 is 1.93 bits per heavy atom. The van der Waals surface area contributed by atoms with Crippen molar-refractivity contribution in [1.29, 1.82) is 0 Å². The molecule has 0 aromatic heterocycles. The SMILES string of the molecule is CC(C)(C)OCC1CSC2(O1)SCCS2. The van der Waals surface area contributed by atoms with Crippen molar-refractivity contribution in [3.63, 3.8) is 0 Å². The van der Waals surface area contributed by atoms with Gasteiger partial charge in [0, 0.05) is 17.3 Å². The smallest absolute Gasteiger partial charge is 0.209 e. The Morgan fingerprint density at radius 1 is 1.27 bits per heavy atom. The Labute approximate surface area is 105 Å². The van der Waals surface area contributed by atoms with Crippen molar-refractivity contribution >= 4 is 35.3 Å². The summed E-state index contributed by atoms with van der Waals surface area (Å²) in [5.74, 6) is 3.49. The van der Waals surface area contributed by atoms with E-state index < -0.39 is 0 Å². The van der Waals surface area contributed by atoms with Crippen LogP contribution in [0.3, 0.4) is 0 Å². The van der Waals surface area contributed by atoms with Crippen LogP contribution in [0.2, 0.25) is 0 Å². The van der Waals surface area contributed by atoms with E-state index in [0.717, 1.165) is 12.4 Å². The fourth-order valence-electron chi connectivity index (χ4n) is 1.42. The van der Waals surface area contributed by atoms with Crippen LogP contribution in [-0.4, -0.2) is 39.2 Å². The number of hydrogen-bond donors (Lipinski definition) is 0. The lowest BCUT2D eigenvalue weighted by Gasteiger charge is -2.24. The zero-order valence-electron chi connectivity index (χ0n) is 9.45. The van der Waals surface area contributed by atoms with Crippen molar-refractivity contribution in [1.82, 2.24) is 0 Å². The molecule has 2 nitrogen and oxygen atoms in total. The monoisotopic (exact) mass is 266 g/mol. The van der Waals surface area contributed by atoms with Crippen LogP contribution in [0.25, 0.3) is 0 Å². The van der Waals surface area contributed by atoms with Gasteiger partial charge in [-0.05, 0) is 20.8 Å². The molecule has 1 atom stereocenters. The summed E-state index contributed by atoms with van der Waals surface area (Å²) in [6.07, 6.45) is 0.271. The van der Waals surface area contributed by atoms with E-state index in [2.05, 4.69) is 20.8 Å². The molecular formula is C10H18O2S3. The third-order valence-corrected chi connectivity index (χ3v) is 7.18. The molecule has 0 aromatic rings. The first-order valence-electron chi connectivity index (χ1n) is 5.23. The van der Waals surface area contributed by atoms with E-state index in [0.29, 0.717) is 0 Å². The molecule has 2 heterocycles. The van der Waals surface area contributed by atoms with Crippen molar-refractivity contribution in [2.24, 2.45) is 0 Å². The van der Waals surface area contributed by atoms with Gasteiger partial charge in [0.15, 0.2) is 0 Å². The first-order chi connectivity index (χ1) is 6.99. The van der Waals surface area contributed by atoms with Crippen molar-refractivity contribution in [3.05, 3.63) is 0 Å². The lowest BCUT2D eigenvalue weighted by atomic mass is 10.2. The van der Waals surface area contributed by atoms with E-state index in [1.807, 2.05) is 35.3 Å². The standard InChI is InChI=1S/C10H18O2S3/c1-9(2,3)11-6-8-7-15-10(12-8)13-4-5-14-10/h8H,4-7H2,1-3H3. The maximum Gasteiger partial charge on any atom is 0.209 e. The predicted molar refractivity (Wildman–Crippen MR) is 70.7 cm³/mol. The van der Waals surface area contributed by atoms with Gasteiger partial charge >= 0.3 is 0 Å². The van der Waals surface area contributed by atoms with Crippen LogP contribution in [0.1, 0.15) is 20.8 Å². The van der Waals surface area contributed by atoms with E-state index in [1.165, 1.54) is 11.5 Å². The molecule has 0 bridgehead atoms. The molecule has 0 saturated carbocycles. The minimum atomic E-state index is -0.0558. The number of thioether (sulfide) groups is 3. The molecule has 0 N–H and O–H groups in total. The van der Waals surface area contributed by atoms with E-state index >= 15 is 0 Å². The summed E-state index contributed by atoms with van der Waals surface area (Å²) in [4.78, 5) is 0. The van der Waals surface area contributed by atoms with Crippen molar-refractivity contribution < 1.29 is 9.47 Å². The van der Waals surface area contributed by atoms with Gasteiger partial charge in [-0.2, -0.15) is 0 Å². The van der Waals surface area contributed by atoms with Crippen LogP contribution >= 0.6 is 35.3 Å². The molecule has 2 aliphatic rings. The van der Waals surface area contributed by atoms with Gasteiger partial charge in [-0.1, -0.05) is 0 Å². The molecule has 2 saturated heterocycles. The fourth-order valence-corrected chi connectivity index (χ4v) is 6.16. The molecule has 0 radical (unpaired) electrons. The van der Waals surface area contributed by atoms with Crippen LogP contribution in [0, 0.1) is 0 Å². The zero-order chi connectivity index (χ0) is 10.9. The van der Waals surface area contributed by atoms with Gasteiger partial charge in [0.05, 0.1) is 18.3 Å². The Balaban J connectivity index is 1.78. The third-order valence-electron chi connectivity index (χ3n) is 2.10. The molecule has 5 heteroatoms. The summed E-state index contributed by atoms with van der Waals surface area (Å²) < 4.78 is 11.8. The van der Waals surface area contributed by atoms with Crippen LogP contribution in [0.15, 0.2) is 0 Å². The van der Waals surface area contributed by atoms with Crippen molar-refractivity contribution in [3.8, 4) is 0 Å². The molecule has 2 rings (SSSR count). The average molecular weight is 266 g/mol. The molecular weight excluding hydrogens is 248 g/mol. The highest BCUT2D eigenvalue weighted by Gasteiger charge is 2.45. The number of rotatable bonds is 2. The largest absolute Gasteiger partial charge is 0.373 e. The Hall–Kier alpha value is 0.970. The Morgan fingerprint density at radius 3 is 2.53 bits per heavy atom. The van der Waals surface area contributed by atoms with Gasteiger partial charge in [0.2, 0.25) is 3.60 Å². The van der Waals surface area contributed by atoms with Gasteiger partial charge in [-0.15, -0.1) is 35.3 Å². The normalized spacial score (nSPS) is 30.2. The van der Waals surface area contributed by atoms with Gasteiger partial charge in [0.1, 0.15) is 0 Å². The van der Waals surface area contributed by atoms with Crippen molar-refractivity contribution in [2.75, 3.05) is 23.9 Å². The third kappa shape index (κ3) is 3.46. The number of hydrogen-bond acceptors (Lipinski definition) is 5. The fraction of sp³-hybridized carbons (Fsp3) is 1.00. The van der Waals surface area contributed by atoms with Crippen LogP contribution in [0.5, 0.6) is 0 Å². The molecule has 1 unspecified atom stereocenters. The quantitative estimate of drug-likeness (QED) is 0.762. The second-order valence-electron chi connectivity index (χ2n) is 4.67. The summed E-state index contributed by atoms with van der Waals surface area (Å²) in [6, 6.07) is 0. The topological polar surface area (TPSA) is 18.5 Å². The van der Waals surface area contributed by atoms with Crippen LogP contribution in [0.4, 0.5) is 0 Å². The minimum Gasteiger partial charge on any atom is -0.373 e. The van der Waals surface area contributed by atoms with Gasteiger partial charge in [0.25, 0.3) is 0 Å². The molecule has 0 aromatic carbocycles. The van der Waals surface area contributed by atoms with E-state index in [-0.39, 0.29) is 15.3 Å². The first-order valence-corrected chi connectivity index (χ1v) is 8.18. The second kappa shape index (κ2) is 4.69. The number of ether oxygens (including phenoxy) is 2. The molecule has 2 fully saturated rings. The predicted octanol–water partition coefficient (Wildman–Crippen LogP) is 3.02. The average Bonchev–Trinajstić information content (AvgIpc) is 2.73. The molecule has 88 valence electrons. The maximum atomic E-state index is 6.07. The molecule has 0 aliphatic carbocycles. The molecule has 1 spiro atoms. The van der Waals surface area contributed by atoms with Crippen LogP contribution in [-0.2, 0) is 9.47 Å². The lowest BCUT2D eigenvalue weighted by Crippen LogP contribution is -2.28. The van der Waals surface area contributed by atoms with E-state index in [1.54, 1.807) is 0 Å². The lowest BCUT2D eigenvalue weighted by molar-refractivity contribution is -0.0585. The second-order valence-corrected chi connectivity index (χ2v) is 9.19. The Bertz CT molecular complexity index is 221. The van der Waals surface area contributed by atoms with Gasteiger partial charge in [-0.25, -0.2) is 0 Å². The Kier molecular flexibility index (Phi) is 3.88. The summed E-state index contributed by atoms with van der Waals surface area (Å²) in [5.41, 5.74) is -0.0558. The van der Waals surface area contributed by atoms with Crippen molar-refractivity contribution in [2.45, 2.75) is 36.1 Å².